The minimum atomic E-state index is -4.84. The zero-order valence-electron chi connectivity index (χ0n) is 20.2. The van der Waals surface area contributed by atoms with Gasteiger partial charge in [0.1, 0.15) is 5.82 Å². The highest BCUT2D eigenvalue weighted by molar-refractivity contribution is 5.94. The molecule has 9 nitrogen and oxygen atoms in total. The maximum atomic E-state index is 14.1. The van der Waals surface area contributed by atoms with Crippen molar-refractivity contribution in [2.24, 2.45) is 0 Å². The van der Waals surface area contributed by atoms with E-state index in [1.807, 2.05) is 5.32 Å². The standard InChI is InChI=1S/C23H23F6N5O4.ClH/c24-14-10-16(26)15(25)8-12(14)7-13(30-22(37)38)9-18(35)33-5-6-34-17(11-33)19(31-21(34)23(27,28)29)20(36)32-3-1-2-4-32;/h8,10,13,30H,1-7,9,11H2,(H,37,38);1H/t13-;/m1./s1. The molecule has 0 aliphatic carbocycles. The third kappa shape index (κ3) is 6.57. The quantitative estimate of drug-likeness (QED) is 0.399. The first-order valence-corrected chi connectivity index (χ1v) is 11.7. The maximum absolute atomic E-state index is 14.1. The molecule has 39 heavy (non-hydrogen) atoms. The van der Waals surface area contributed by atoms with Crippen LogP contribution in [-0.2, 0) is 30.5 Å². The van der Waals surface area contributed by atoms with Gasteiger partial charge in [-0.1, -0.05) is 0 Å². The predicted octanol–water partition coefficient (Wildman–Crippen LogP) is 3.59. The lowest BCUT2D eigenvalue weighted by molar-refractivity contribution is -0.148. The zero-order valence-corrected chi connectivity index (χ0v) is 21.0. The fraction of sp³-hybridized carbons (Fsp3) is 0.478. The number of likely N-dealkylation sites (tertiary alicyclic amines) is 1. The highest BCUT2D eigenvalue weighted by atomic mass is 35.5. The summed E-state index contributed by atoms with van der Waals surface area (Å²) >= 11 is 0. The van der Waals surface area contributed by atoms with Gasteiger partial charge in [-0.05, 0) is 30.9 Å². The van der Waals surface area contributed by atoms with Crippen molar-refractivity contribution in [3.8, 4) is 0 Å². The van der Waals surface area contributed by atoms with Crippen LogP contribution in [0, 0.1) is 17.5 Å². The molecule has 0 spiro atoms. The number of alkyl halides is 3. The summed E-state index contributed by atoms with van der Waals surface area (Å²) < 4.78 is 82.7. The maximum Gasteiger partial charge on any atom is 0.449 e. The third-order valence-electron chi connectivity index (χ3n) is 6.51. The summed E-state index contributed by atoms with van der Waals surface area (Å²) in [5.41, 5.74) is -0.871. The van der Waals surface area contributed by atoms with Gasteiger partial charge in [0.15, 0.2) is 17.3 Å². The molecule has 1 aromatic heterocycles. The Hall–Kier alpha value is -3.49. The molecular formula is C23H24ClF6N5O4. The van der Waals surface area contributed by atoms with E-state index >= 15 is 0 Å². The zero-order chi connectivity index (χ0) is 27.8. The van der Waals surface area contributed by atoms with Gasteiger partial charge in [0.05, 0.1) is 12.2 Å². The highest BCUT2D eigenvalue weighted by Crippen LogP contribution is 2.33. The van der Waals surface area contributed by atoms with Gasteiger partial charge in [-0.15, -0.1) is 12.4 Å². The Bertz CT molecular complexity index is 1260. The first kappa shape index (κ1) is 30.1. The number of benzene rings is 1. The molecule has 214 valence electrons. The van der Waals surface area contributed by atoms with E-state index in [0.29, 0.717) is 38.1 Å². The molecule has 2 aliphatic heterocycles. The summed E-state index contributed by atoms with van der Waals surface area (Å²) in [6.07, 6.45) is -6.04. The largest absolute Gasteiger partial charge is 0.465 e. The number of fused-ring (bicyclic) bond motifs is 1. The van der Waals surface area contributed by atoms with Crippen LogP contribution in [0.4, 0.5) is 31.1 Å². The van der Waals surface area contributed by atoms with Crippen LogP contribution in [0.3, 0.4) is 0 Å². The molecule has 3 amide bonds. The van der Waals surface area contributed by atoms with Crippen molar-refractivity contribution in [3.05, 3.63) is 52.4 Å². The first-order valence-electron chi connectivity index (χ1n) is 11.7. The number of nitrogens with one attached hydrogen (secondary N) is 1. The Morgan fingerprint density at radius 1 is 0.974 bits per heavy atom. The van der Waals surface area contributed by atoms with E-state index in [0.717, 1.165) is 9.47 Å². The van der Waals surface area contributed by atoms with Gasteiger partial charge >= 0.3 is 12.3 Å². The Morgan fingerprint density at radius 3 is 2.23 bits per heavy atom. The molecule has 2 aromatic rings. The summed E-state index contributed by atoms with van der Waals surface area (Å²) in [5.74, 6) is -6.56. The number of amides is 3. The van der Waals surface area contributed by atoms with Gasteiger partial charge in [-0.3, -0.25) is 9.59 Å². The molecule has 1 saturated heterocycles. The Morgan fingerprint density at radius 2 is 1.62 bits per heavy atom. The molecule has 4 rings (SSSR count). The monoisotopic (exact) mass is 583 g/mol. The molecular weight excluding hydrogens is 560 g/mol. The molecule has 1 aromatic carbocycles. The van der Waals surface area contributed by atoms with Crippen LogP contribution in [0.2, 0.25) is 0 Å². The number of carbonyl (C=O) groups excluding carboxylic acids is 2. The minimum absolute atomic E-state index is 0. The molecule has 3 heterocycles. The lowest BCUT2D eigenvalue weighted by atomic mass is 10.0. The van der Waals surface area contributed by atoms with Crippen LogP contribution in [-0.4, -0.2) is 68.0 Å². The molecule has 2 aliphatic rings. The summed E-state index contributed by atoms with van der Waals surface area (Å²) in [6, 6.07) is -0.407. The minimum Gasteiger partial charge on any atom is -0.465 e. The van der Waals surface area contributed by atoms with E-state index in [1.165, 1.54) is 4.90 Å². The topological polar surface area (TPSA) is 108 Å². The molecule has 0 bridgehead atoms. The Labute approximate surface area is 224 Å². The van der Waals surface area contributed by atoms with E-state index in [2.05, 4.69) is 4.98 Å². The SMILES string of the molecule is Cl.O=C(O)N[C@@H](CC(=O)N1CCn2c(C(F)(F)F)nc(C(=O)N3CCCC3)c2C1)Cc1cc(F)c(F)cc1F. The number of hydrogen-bond donors (Lipinski definition) is 2. The van der Waals surface area contributed by atoms with E-state index in [-0.39, 0.29) is 36.8 Å². The predicted molar refractivity (Wildman–Crippen MR) is 125 cm³/mol. The van der Waals surface area contributed by atoms with E-state index < -0.39 is 78.5 Å². The number of rotatable bonds is 6. The van der Waals surface area contributed by atoms with Crippen molar-refractivity contribution in [3.63, 3.8) is 0 Å². The van der Waals surface area contributed by atoms with Crippen LogP contribution < -0.4 is 5.32 Å². The number of halogens is 7. The smallest absolute Gasteiger partial charge is 0.449 e. The fourth-order valence-electron chi connectivity index (χ4n) is 4.71. The number of carboxylic acid groups (broad SMARTS) is 1. The number of hydrogen-bond acceptors (Lipinski definition) is 4. The molecule has 0 radical (unpaired) electrons. The van der Waals surface area contributed by atoms with Crippen LogP contribution in [0.25, 0.3) is 0 Å². The van der Waals surface area contributed by atoms with Crippen molar-refractivity contribution in [2.75, 3.05) is 19.6 Å². The van der Waals surface area contributed by atoms with Gasteiger partial charge in [0.2, 0.25) is 11.7 Å². The number of aromatic nitrogens is 2. The van der Waals surface area contributed by atoms with Crippen molar-refractivity contribution in [1.82, 2.24) is 24.7 Å². The second kappa shape index (κ2) is 11.7. The average Bonchev–Trinajstić information content (AvgIpc) is 3.49. The van der Waals surface area contributed by atoms with Gasteiger partial charge in [-0.2, -0.15) is 13.2 Å². The average molecular weight is 584 g/mol. The fourth-order valence-corrected chi connectivity index (χ4v) is 4.71. The van der Waals surface area contributed by atoms with E-state index in [1.54, 1.807) is 0 Å². The Balaban J connectivity index is 0.00000420. The highest BCUT2D eigenvalue weighted by Gasteiger charge is 2.42. The van der Waals surface area contributed by atoms with Gasteiger partial charge in [0, 0.05) is 44.7 Å². The van der Waals surface area contributed by atoms with E-state index in [4.69, 9.17) is 5.11 Å². The van der Waals surface area contributed by atoms with Crippen molar-refractivity contribution < 1.29 is 45.8 Å². The normalized spacial score (nSPS) is 15.9. The molecule has 1 fully saturated rings. The summed E-state index contributed by atoms with van der Waals surface area (Å²) in [6.45, 7) is -0.153. The Kier molecular flexibility index (Phi) is 9.03. The lowest BCUT2D eigenvalue weighted by Crippen LogP contribution is -2.44. The number of nitrogens with zero attached hydrogens (tertiary/aromatic N) is 4. The van der Waals surface area contributed by atoms with Crippen LogP contribution in [0.1, 0.15) is 46.8 Å². The first-order chi connectivity index (χ1) is 17.8. The summed E-state index contributed by atoms with van der Waals surface area (Å²) in [7, 11) is 0. The molecule has 1 atom stereocenters. The van der Waals surface area contributed by atoms with Crippen molar-refractivity contribution in [2.45, 2.75) is 51.0 Å². The van der Waals surface area contributed by atoms with Crippen molar-refractivity contribution in [1.29, 1.82) is 0 Å². The molecule has 2 N–H and O–H groups in total. The van der Waals surface area contributed by atoms with Crippen molar-refractivity contribution >= 4 is 30.3 Å². The van der Waals surface area contributed by atoms with E-state index in [9.17, 15) is 40.7 Å². The van der Waals surface area contributed by atoms with Gasteiger partial charge in [-0.25, -0.2) is 22.9 Å². The van der Waals surface area contributed by atoms with Crippen LogP contribution in [0.15, 0.2) is 12.1 Å². The summed E-state index contributed by atoms with van der Waals surface area (Å²) in [4.78, 5) is 43.4. The van der Waals surface area contributed by atoms with Crippen LogP contribution in [0.5, 0.6) is 0 Å². The second-order valence-corrected chi connectivity index (χ2v) is 9.11. The molecule has 0 unspecified atom stereocenters. The summed E-state index contributed by atoms with van der Waals surface area (Å²) in [5, 5.41) is 11.2. The molecule has 16 heteroatoms. The second-order valence-electron chi connectivity index (χ2n) is 9.11. The number of imidazole rings is 1. The van der Waals surface area contributed by atoms with Crippen LogP contribution >= 0.6 is 12.4 Å². The third-order valence-corrected chi connectivity index (χ3v) is 6.51. The molecule has 0 saturated carbocycles. The van der Waals surface area contributed by atoms with Gasteiger partial charge < -0.3 is 24.8 Å². The lowest BCUT2D eigenvalue weighted by Gasteiger charge is -2.31. The van der Waals surface area contributed by atoms with Gasteiger partial charge in [0.25, 0.3) is 5.91 Å². The number of carbonyl (C=O) groups is 3.